The minimum atomic E-state index is -0.396. The molecular formula is C11H18N2OS. The van der Waals surface area contributed by atoms with Crippen LogP contribution >= 0.6 is 11.3 Å². The Hall–Kier alpha value is -0.870. The summed E-state index contributed by atoms with van der Waals surface area (Å²) < 4.78 is 0. The maximum Gasteiger partial charge on any atom is 0.237 e. The summed E-state index contributed by atoms with van der Waals surface area (Å²) in [6.07, 6.45) is 0.875. The second-order valence-corrected chi connectivity index (χ2v) is 4.72. The number of hydrogen-bond acceptors (Lipinski definition) is 3. The van der Waals surface area contributed by atoms with Crippen LogP contribution in [0.25, 0.3) is 0 Å². The zero-order valence-corrected chi connectivity index (χ0v) is 10.0. The molecule has 0 saturated carbocycles. The van der Waals surface area contributed by atoms with Gasteiger partial charge in [-0.1, -0.05) is 13.8 Å². The highest BCUT2D eigenvalue weighted by Gasteiger charge is 2.15. The third-order valence-corrected chi connectivity index (χ3v) is 3.05. The number of nitrogens with two attached hydrogens (primary N) is 1. The predicted octanol–water partition coefficient (Wildman–Crippen LogP) is 1.39. The van der Waals surface area contributed by atoms with Gasteiger partial charge in [0.05, 0.1) is 6.04 Å². The Morgan fingerprint density at radius 3 is 2.87 bits per heavy atom. The van der Waals surface area contributed by atoms with Crippen molar-refractivity contribution in [3.8, 4) is 0 Å². The fraction of sp³-hybridized carbons (Fsp3) is 0.545. The molecule has 0 fully saturated rings. The Bertz CT molecular complexity index is 296. The van der Waals surface area contributed by atoms with Gasteiger partial charge in [-0.25, -0.2) is 0 Å². The van der Waals surface area contributed by atoms with Crippen LogP contribution in [-0.2, 0) is 11.2 Å². The minimum Gasteiger partial charge on any atom is -0.354 e. The summed E-state index contributed by atoms with van der Waals surface area (Å²) in [5.74, 6) is 0.131. The van der Waals surface area contributed by atoms with E-state index in [-0.39, 0.29) is 11.8 Å². The smallest absolute Gasteiger partial charge is 0.237 e. The van der Waals surface area contributed by atoms with Crippen molar-refractivity contribution in [2.45, 2.75) is 26.3 Å². The van der Waals surface area contributed by atoms with Gasteiger partial charge in [0.15, 0.2) is 0 Å². The van der Waals surface area contributed by atoms with Crippen molar-refractivity contribution in [2.24, 2.45) is 11.7 Å². The first-order valence-electron chi connectivity index (χ1n) is 5.15. The van der Waals surface area contributed by atoms with E-state index in [1.165, 1.54) is 5.56 Å². The summed E-state index contributed by atoms with van der Waals surface area (Å²) >= 11 is 1.67. The normalized spacial score (nSPS) is 12.8. The molecule has 3 nitrogen and oxygen atoms in total. The summed E-state index contributed by atoms with van der Waals surface area (Å²) in [5, 5.41) is 6.97. The van der Waals surface area contributed by atoms with Crippen molar-refractivity contribution in [1.29, 1.82) is 0 Å². The molecule has 15 heavy (non-hydrogen) atoms. The van der Waals surface area contributed by atoms with Crippen LogP contribution in [0.1, 0.15) is 19.4 Å². The monoisotopic (exact) mass is 226 g/mol. The van der Waals surface area contributed by atoms with Crippen molar-refractivity contribution in [3.63, 3.8) is 0 Å². The van der Waals surface area contributed by atoms with Gasteiger partial charge < -0.3 is 11.1 Å². The van der Waals surface area contributed by atoms with E-state index in [2.05, 4.69) is 16.8 Å². The van der Waals surface area contributed by atoms with E-state index in [4.69, 9.17) is 5.73 Å². The van der Waals surface area contributed by atoms with Crippen LogP contribution in [0.2, 0.25) is 0 Å². The molecule has 3 N–H and O–H groups in total. The first-order chi connectivity index (χ1) is 7.11. The molecule has 1 rings (SSSR count). The molecule has 0 aliphatic carbocycles. The van der Waals surface area contributed by atoms with Gasteiger partial charge in [0, 0.05) is 6.54 Å². The Kier molecular flexibility index (Phi) is 4.78. The lowest BCUT2D eigenvalue weighted by molar-refractivity contribution is -0.123. The Morgan fingerprint density at radius 2 is 2.33 bits per heavy atom. The molecule has 1 aromatic rings. The molecule has 84 valence electrons. The van der Waals surface area contributed by atoms with Gasteiger partial charge in [0.2, 0.25) is 5.91 Å². The highest BCUT2D eigenvalue weighted by molar-refractivity contribution is 7.07. The summed E-state index contributed by atoms with van der Waals surface area (Å²) in [5.41, 5.74) is 6.97. The van der Waals surface area contributed by atoms with Crippen LogP contribution in [0.5, 0.6) is 0 Å². The maximum absolute atomic E-state index is 11.5. The van der Waals surface area contributed by atoms with Crippen LogP contribution in [-0.4, -0.2) is 18.5 Å². The molecule has 0 aliphatic rings. The van der Waals surface area contributed by atoms with Crippen molar-refractivity contribution in [2.75, 3.05) is 6.54 Å². The van der Waals surface area contributed by atoms with Gasteiger partial charge in [0.25, 0.3) is 0 Å². The highest BCUT2D eigenvalue weighted by Crippen LogP contribution is 2.05. The zero-order chi connectivity index (χ0) is 11.3. The Morgan fingerprint density at radius 1 is 1.60 bits per heavy atom. The predicted molar refractivity (Wildman–Crippen MR) is 63.8 cm³/mol. The molecule has 1 amide bonds. The number of thiophene rings is 1. The molecule has 0 bridgehead atoms. The summed E-state index contributed by atoms with van der Waals surface area (Å²) in [6, 6.07) is 1.67. The summed E-state index contributed by atoms with van der Waals surface area (Å²) in [7, 11) is 0. The molecule has 0 radical (unpaired) electrons. The second kappa shape index (κ2) is 5.88. The van der Waals surface area contributed by atoms with Crippen molar-refractivity contribution in [1.82, 2.24) is 5.32 Å². The fourth-order valence-electron chi connectivity index (χ4n) is 1.19. The maximum atomic E-state index is 11.5. The average molecular weight is 226 g/mol. The molecule has 1 aromatic heterocycles. The van der Waals surface area contributed by atoms with E-state index >= 15 is 0 Å². The molecule has 1 atom stereocenters. The van der Waals surface area contributed by atoms with Crippen LogP contribution in [0.3, 0.4) is 0 Å². The SMILES string of the molecule is CC(C)[C@H](N)C(=O)NCCc1ccsc1. The minimum absolute atomic E-state index is 0.0553. The van der Waals surface area contributed by atoms with Crippen LogP contribution in [0, 0.1) is 5.92 Å². The van der Waals surface area contributed by atoms with E-state index < -0.39 is 6.04 Å². The summed E-state index contributed by atoms with van der Waals surface area (Å²) in [4.78, 5) is 11.5. The van der Waals surface area contributed by atoms with Crippen molar-refractivity contribution >= 4 is 17.2 Å². The van der Waals surface area contributed by atoms with E-state index in [0.717, 1.165) is 6.42 Å². The first kappa shape index (κ1) is 12.2. The van der Waals surface area contributed by atoms with Gasteiger partial charge >= 0.3 is 0 Å². The third-order valence-electron chi connectivity index (χ3n) is 2.31. The quantitative estimate of drug-likeness (QED) is 0.797. The first-order valence-corrected chi connectivity index (χ1v) is 6.10. The van der Waals surface area contributed by atoms with Crippen molar-refractivity contribution < 1.29 is 4.79 Å². The summed E-state index contributed by atoms with van der Waals surface area (Å²) in [6.45, 7) is 4.56. The largest absolute Gasteiger partial charge is 0.354 e. The van der Waals surface area contributed by atoms with E-state index in [1.54, 1.807) is 11.3 Å². The third kappa shape index (κ3) is 4.01. The molecule has 0 spiro atoms. The number of hydrogen-bond donors (Lipinski definition) is 2. The van der Waals surface area contributed by atoms with Gasteiger partial charge in [-0.2, -0.15) is 11.3 Å². The topological polar surface area (TPSA) is 55.1 Å². The number of nitrogens with one attached hydrogen (secondary N) is 1. The van der Waals surface area contributed by atoms with Crippen molar-refractivity contribution in [3.05, 3.63) is 22.4 Å². The zero-order valence-electron chi connectivity index (χ0n) is 9.19. The lowest BCUT2D eigenvalue weighted by Crippen LogP contribution is -2.44. The van der Waals surface area contributed by atoms with E-state index in [1.807, 2.05) is 19.2 Å². The molecule has 1 heterocycles. The number of rotatable bonds is 5. The van der Waals surface area contributed by atoms with E-state index in [9.17, 15) is 4.79 Å². The van der Waals surface area contributed by atoms with Crippen LogP contribution < -0.4 is 11.1 Å². The lowest BCUT2D eigenvalue weighted by Gasteiger charge is -2.14. The Labute approximate surface area is 94.7 Å². The molecule has 0 unspecified atom stereocenters. The molecular weight excluding hydrogens is 208 g/mol. The molecule has 0 aliphatic heterocycles. The number of carbonyl (C=O) groups excluding carboxylic acids is 1. The molecule has 4 heteroatoms. The number of amides is 1. The van der Waals surface area contributed by atoms with Crippen LogP contribution in [0.15, 0.2) is 16.8 Å². The Balaban J connectivity index is 2.23. The standard InChI is InChI=1S/C11H18N2OS/c1-8(2)10(12)11(14)13-5-3-9-4-6-15-7-9/h4,6-8,10H,3,5,12H2,1-2H3,(H,13,14)/t10-/m0/s1. The van der Waals surface area contributed by atoms with Crippen LogP contribution in [0.4, 0.5) is 0 Å². The lowest BCUT2D eigenvalue weighted by atomic mass is 10.1. The van der Waals surface area contributed by atoms with Gasteiger partial charge in [-0.05, 0) is 34.7 Å². The molecule has 0 saturated heterocycles. The van der Waals surface area contributed by atoms with Gasteiger partial charge in [-0.15, -0.1) is 0 Å². The van der Waals surface area contributed by atoms with E-state index in [0.29, 0.717) is 6.54 Å². The van der Waals surface area contributed by atoms with Gasteiger partial charge in [-0.3, -0.25) is 4.79 Å². The second-order valence-electron chi connectivity index (χ2n) is 3.94. The number of carbonyl (C=O) groups is 1. The molecule has 0 aromatic carbocycles. The highest BCUT2D eigenvalue weighted by atomic mass is 32.1. The fourth-order valence-corrected chi connectivity index (χ4v) is 1.89. The van der Waals surface area contributed by atoms with Gasteiger partial charge in [0.1, 0.15) is 0 Å². The average Bonchev–Trinajstić information content (AvgIpc) is 2.69.